The lowest BCUT2D eigenvalue weighted by atomic mass is 10.0. The zero-order chi connectivity index (χ0) is 16.8. The predicted octanol–water partition coefficient (Wildman–Crippen LogP) is 6.67. The van der Waals surface area contributed by atoms with E-state index in [9.17, 15) is 9.90 Å². The molecule has 0 fully saturated rings. The summed E-state index contributed by atoms with van der Waals surface area (Å²) in [7, 11) is 0. The first-order chi connectivity index (χ1) is 11.3. The Bertz CT molecular complexity index is 426. The van der Waals surface area contributed by atoms with Crippen LogP contribution in [-0.4, -0.2) is 10.9 Å². The number of unbranched alkanes of at least 4 members (excludes halogenated alkanes) is 11. The number of benzene rings is 1. The molecule has 0 atom stereocenters. The van der Waals surface area contributed by atoms with Gasteiger partial charge in [0, 0.05) is 6.42 Å². The molecular formula is C21H34O2. The average molecular weight is 319 g/mol. The molecule has 2 nitrogen and oxygen atoms in total. The number of carbonyl (C=O) groups is 1. The van der Waals surface area contributed by atoms with Gasteiger partial charge in [-0.2, -0.15) is 0 Å². The summed E-state index contributed by atoms with van der Waals surface area (Å²) >= 11 is 0. The molecule has 2 heteroatoms. The summed E-state index contributed by atoms with van der Waals surface area (Å²) < 4.78 is 0. The highest BCUT2D eigenvalue weighted by atomic mass is 16.3. The van der Waals surface area contributed by atoms with Gasteiger partial charge < -0.3 is 5.11 Å². The van der Waals surface area contributed by atoms with Crippen LogP contribution >= 0.6 is 0 Å². The lowest BCUT2D eigenvalue weighted by molar-refractivity contribution is 0.0976. The van der Waals surface area contributed by atoms with Crippen LogP contribution in [0.4, 0.5) is 0 Å². The summed E-state index contributed by atoms with van der Waals surface area (Å²) in [5, 5.41) is 9.65. The standard InChI is InChI=1S/C21H34O2/c1-2-3-4-5-6-7-8-9-10-11-12-13-17-20(22)19-16-14-15-18-21(19)23/h14-16,18,23H,2-13,17H2,1H3. The van der Waals surface area contributed by atoms with E-state index in [-0.39, 0.29) is 11.5 Å². The Labute approximate surface area is 142 Å². The summed E-state index contributed by atoms with van der Waals surface area (Å²) in [6, 6.07) is 6.83. The Morgan fingerprint density at radius 2 is 1.26 bits per heavy atom. The van der Waals surface area contributed by atoms with Crippen LogP contribution in [0.2, 0.25) is 0 Å². The average Bonchev–Trinajstić information content (AvgIpc) is 2.56. The van der Waals surface area contributed by atoms with Crippen LogP contribution in [0.15, 0.2) is 24.3 Å². The number of aromatic hydroxyl groups is 1. The molecule has 0 saturated heterocycles. The minimum absolute atomic E-state index is 0.0650. The topological polar surface area (TPSA) is 37.3 Å². The number of para-hydroxylation sites is 1. The highest BCUT2D eigenvalue weighted by Gasteiger charge is 2.09. The van der Waals surface area contributed by atoms with E-state index in [1.165, 1.54) is 64.2 Å². The molecular weight excluding hydrogens is 284 g/mol. The molecule has 1 rings (SSSR count). The number of hydrogen-bond donors (Lipinski definition) is 1. The highest BCUT2D eigenvalue weighted by molar-refractivity contribution is 5.98. The van der Waals surface area contributed by atoms with Crippen molar-refractivity contribution in [3.05, 3.63) is 29.8 Å². The van der Waals surface area contributed by atoms with Crippen LogP contribution < -0.4 is 0 Å². The maximum atomic E-state index is 12.0. The molecule has 1 aromatic carbocycles. The van der Waals surface area contributed by atoms with Crippen LogP contribution in [0.3, 0.4) is 0 Å². The molecule has 23 heavy (non-hydrogen) atoms. The number of rotatable bonds is 14. The van der Waals surface area contributed by atoms with Crippen LogP contribution in [0.1, 0.15) is 101 Å². The maximum absolute atomic E-state index is 12.0. The zero-order valence-corrected chi connectivity index (χ0v) is 14.9. The molecule has 0 saturated carbocycles. The van der Waals surface area contributed by atoms with Crippen molar-refractivity contribution in [1.29, 1.82) is 0 Å². The second-order valence-corrected chi connectivity index (χ2v) is 6.58. The molecule has 1 aromatic rings. The van der Waals surface area contributed by atoms with E-state index in [0.717, 1.165) is 12.8 Å². The van der Waals surface area contributed by atoms with Gasteiger partial charge in [-0.25, -0.2) is 0 Å². The summed E-state index contributed by atoms with van der Waals surface area (Å²) in [4.78, 5) is 12.0. The Morgan fingerprint density at radius 3 is 1.78 bits per heavy atom. The molecule has 0 aliphatic heterocycles. The molecule has 0 aliphatic rings. The van der Waals surface area contributed by atoms with Crippen molar-refractivity contribution in [2.75, 3.05) is 0 Å². The van der Waals surface area contributed by atoms with Gasteiger partial charge in [0.05, 0.1) is 5.56 Å². The molecule has 0 bridgehead atoms. The van der Waals surface area contributed by atoms with Gasteiger partial charge in [-0.15, -0.1) is 0 Å². The molecule has 0 amide bonds. The van der Waals surface area contributed by atoms with Crippen molar-refractivity contribution in [1.82, 2.24) is 0 Å². The number of hydrogen-bond acceptors (Lipinski definition) is 2. The van der Waals surface area contributed by atoms with Gasteiger partial charge in [-0.3, -0.25) is 4.79 Å². The van der Waals surface area contributed by atoms with Gasteiger partial charge in [0.1, 0.15) is 5.75 Å². The number of ketones is 1. The van der Waals surface area contributed by atoms with Crippen LogP contribution in [0.25, 0.3) is 0 Å². The molecule has 0 spiro atoms. The van der Waals surface area contributed by atoms with Crippen molar-refractivity contribution in [3.63, 3.8) is 0 Å². The summed E-state index contributed by atoms with van der Waals surface area (Å²) in [5.74, 6) is 0.173. The molecule has 0 unspecified atom stereocenters. The second kappa shape index (κ2) is 13.2. The van der Waals surface area contributed by atoms with Gasteiger partial charge in [0.15, 0.2) is 5.78 Å². The quantitative estimate of drug-likeness (QED) is 0.307. The zero-order valence-electron chi connectivity index (χ0n) is 14.9. The van der Waals surface area contributed by atoms with E-state index >= 15 is 0 Å². The van der Waals surface area contributed by atoms with Crippen LogP contribution in [-0.2, 0) is 0 Å². The van der Waals surface area contributed by atoms with Gasteiger partial charge in [-0.05, 0) is 18.6 Å². The van der Waals surface area contributed by atoms with Gasteiger partial charge in [-0.1, -0.05) is 89.7 Å². The van der Waals surface area contributed by atoms with Crippen molar-refractivity contribution in [3.8, 4) is 5.75 Å². The molecule has 1 N–H and O–H groups in total. The first-order valence-corrected chi connectivity index (χ1v) is 9.57. The normalized spacial score (nSPS) is 10.8. The van der Waals surface area contributed by atoms with E-state index in [1.807, 2.05) is 0 Å². The van der Waals surface area contributed by atoms with E-state index in [0.29, 0.717) is 12.0 Å². The van der Waals surface area contributed by atoms with Crippen molar-refractivity contribution >= 4 is 5.78 Å². The van der Waals surface area contributed by atoms with Crippen molar-refractivity contribution < 1.29 is 9.90 Å². The monoisotopic (exact) mass is 318 g/mol. The number of phenolic OH excluding ortho intramolecular Hbond substituents is 1. The largest absolute Gasteiger partial charge is 0.507 e. The lowest BCUT2D eigenvalue weighted by Crippen LogP contribution is -1.99. The predicted molar refractivity (Wildman–Crippen MR) is 98.1 cm³/mol. The van der Waals surface area contributed by atoms with Gasteiger partial charge in [0.25, 0.3) is 0 Å². The number of phenols is 1. The second-order valence-electron chi connectivity index (χ2n) is 6.58. The summed E-state index contributed by atoms with van der Waals surface area (Å²) in [6.07, 6.45) is 16.1. The minimum atomic E-state index is 0.0650. The molecule has 0 heterocycles. The summed E-state index contributed by atoms with van der Waals surface area (Å²) in [6.45, 7) is 2.26. The molecule has 0 aromatic heterocycles. The third-order valence-corrected chi connectivity index (χ3v) is 4.46. The third kappa shape index (κ3) is 9.43. The van der Waals surface area contributed by atoms with Crippen molar-refractivity contribution in [2.24, 2.45) is 0 Å². The molecule has 0 radical (unpaired) electrons. The Hall–Kier alpha value is -1.31. The Balaban J connectivity index is 1.92. The number of carbonyl (C=O) groups excluding carboxylic acids is 1. The minimum Gasteiger partial charge on any atom is -0.507 e. The SMILES string of the molecule is CCCCCCCCCCCCCCC(=O)c1ccccc1O. The maximum Gasteiger partial charge on any atom is 0.166 e. The Kier molecular flexibility index (Phi) is 11.3. The van der Waals surface area contributed by atoms with E-state index < -0.39 is 0 Å². The fourth-order valence-electron chi connectivity index (χ4n) is 2.97. The van der Waals surface area contributed by atoms with E-state index in [4.69, 9.17) is 0 Å². The Morgan fingerprint density at radius 1 is 0.783 bits per heavy atom. The summed E-state index contributed by atoms with van der Waals surface area (Å²) in [5.41, 5.74) is 0.468. The van der Waals surface area contributed by atoms with Gasteiger partial charge >= 0.3 is 0 Å². The first-order valence-electron chi connectivity index (χ1n) is 9.57. The van der Waals surface area contributed by atoms with E-state index in [2.05, 4.69) is 6.92 Å². The highest BCUT2D eigenvalue weighted by Crippen LogP contribution is 2.19. The smallest absolute Gasteiger partial charge is 0.166 e. The fraction of sp³-hybridized carbons (Fsp3) is 0.667. The van der Waals surface area contributed by atoms with E-state index in [1.54, 1.807) is 24.3 Å². The van der Waals surface area contributed by atoms with Gasteiger partial charge in [0.2, 0.25) is 0 Å². The third-order valence-electron chi connectivity index (χ3n) is 4.46. The van der Waals surface area contributed by atoms with Crippen LogP contribution in [0, 0.1) is 0 Å². The fourth-order valence-corrected chi connectivity index (χ4v) is 2.97. The number of Topliss-reactive ketones (excluding diaryl/α,β-unsaturated/α-hetero) is 1. The first kappa shape index (κ1) is 19.7. The molecule has 130 valence electrons. The van der Waals surface area contributed by atoms with Crippen LogP contribution in [0.5, 0.6) is 5.75 Å². The lowest BCUT2D eigenvalue weighted by Gasteiger charge is -2.04. The molecule has 0 aliphatic carbocycles. The van der Waals surface area contributed by atoms with Crippen molar-refractivity contribution in [2.45, 2.75) is 90.4 Å².